The number of ether oxygens (including phenoxy) is 1. The van der Waals surface area contributed by atoms with Gasteiger partial charge in [-0.15, -0.1) is 0 Å². The number of aromatic amines is 1. The van der Waals surface area contributed by atoms with E-state index in [1.807, 2.05) is 0 Å². The second-order valence-corrected chi connectivity index (χ2v) is 6.87. The standard InChI is InChI=1S/C20H23FN8O/c1-10-13(21)7-14(23-3)17-15(10)16-18(24-6-4-5-22)28-20(29-19(16)27-17)30-12-8-25-11(2)26-9-12/h7-9,23H,4-6,22H2,1-3H3,(H2,24,27,28,29). The van der Waals surface area contributed by atoms with Crippen molar-refractivity contribution in [3.8, 4) is 11.8 Å². The molecule has 0 amide bonds. The first-order valence-electron chi connectivity index (χ1n) is 9.62. The van der Waals surface area contributed by atoms with Crippen molar-refractivity contribution in [2.24, 2.45) is 5.73 Å². The fraction of sp³-hybridized carbons (Fsp3) is 0.300. The molecule has 5 N–H and O–H groups in total. The van der Waals surface area contributed by atoms with Crippen LogP contribution in [0.15, 0.2) is 18.5 Å². The summed E-state index contributed by atoms with van der Waals surface area (Å²) >= 11 is 0. The van der Waals surface area contributed by atoms with Crippen molar-refractivity contribution in [2.75, 3.05) is 30.8 Å². The number of fused-ring (bicyclic) bond motifs is 3. The summed E-state index contributed by atoms with van der Waals surface area (Å²) in [5.74, 6) is 1.29. The summed E-state index contributed by atoms with van der Waals surface area (Å²) in [5, 5.41) is 7.72. The minimum atomic E-state index is -0.308. The number of nitrogens with one attached hydrogen (secondary N) is 3. The van der Waals surface area contributed by atoms with E-state index in [4.69, 9.17) is 10.5 Å². The monoisotopic (exact) mass is 410 g/mol. The maximum Gasteiger partial charge on any atom is 0.326 e. The van der Waals surface area contributed by atoms with Crippen LogP contribution < -0.4 is 21.1 Å². The molecule has 9 nitrogen and oxygen atoms in total. The Balaban J connectivity index is 1.90. The number of aryl methyl sites for hydroxylation is 2. The zero-order chi connectivity index (χ0) is 21.3. The van der Waals surface area contributed by atoms with Crippen LogP contribution in [0.1, 0.15) is 17.8 Å². The molecular weight excluding hydrogens is 387 g/mol. The lowest BCUT2D eigenvalue weighted by atomic mass is 10.1. The van der Waals surface area contributed by atoms with Crippen LogP contribution in [-0.4, -0.2) is 45.1 Å². The van der Waals surface area contributed by atoms with Crippen molar-refractivity contribution >= 4 is 33.4 Å². The van der Waals surface area contributed by atoms with Crippen molar-refractivity contribution in [1.82, 2.24) is 24.9 Å². The molecule has 4 aromatic rings. The van der Waals surface area contributed by atoms with E-state index in [1.165, 1.54) is 6.07 Å². The van der Waals surface area contributed by atoms with E-state index >= 15 is 0 Å². The molecule has 0 unspecified atom stereocenters. The molecule has 4 rings (SSSR count). The molecule has 0 spiro atoms. The van der Waals surface area contributed by atoms with E-state index in [1.54, 1.807) is 33.3 Å². The van der Waals surface area contributed by atoms with Crippen LogP contribution >= 0.6 is 0 Å². The van der Waals surface area contributed by atoms with E-state index < -0.39 is 0 Å². The summed E-state index contributed by atoms with van der Waals surface area (Å²) in [6.07, 6.45) is 3.87. The van der Waals surface area contributed by atoms with Gasteiger partial charge in [0.15, 0.2) is 5.75 Å². The van der Waals surface area contributed by atoms with Crippen LogP contribution in [0.4, 0.5) is 15.9 Å². The Morgan fingerprint density at radius 3 is 2.63 bits per heavy atom. The van der Waals surface area contributed by atoms with Gasteiger partial charge in [0.2, 0.25) is 0 Å². The van der Waals surface area contributed by atoms with Gasteiger partial charge in [-0.2, -0.15) is 9.97 Å². The van der Waals surface area contributed by atoms with Crippen molar-refractivity contribution in [3.05, 3.63) is 35.7 Å². The van der Waals surface area contributed by atoms with E-state index in [0.717, 1.165) is 17.3 Å². The fourth-order valence-corrected chi connectivity index (χ4v) is 3.30. The molecule has 0 atom stereocenters. The van der Waals surface area contributed by atoms with Crippen LogP contribution in [0.3, 0.4) is 0 Å². The average molecular weight is 410 g/mol. The highest BCUT2D eigenvalue weighted by Gasteiger charge is 2.20. The predicted octanol–water partition coefficient (Wildman–Crippen LogP) is 3.25. The zero-order valence-electron chi connectivity index (χ0n) is 17.0. The van der Waals surface area contributed by atoms with Gasteiger partial charge >= 0.3 is 6.01 Å². The van der Waals surface area contributed by atoms with Gasteiger partial charge in [-0.05, 0) is 38.4 Å². The molecule has 0 aliphatic rings. The molecule has 156 valence electrons. The molecule has 0 saturated carbocycles. The number of nitrogens with zero attached hydrogens (tertiary/aromatic N) is 4. The van der Waals surface area contributed by atoms with E-state index in [-0.39, 0.29) is 11.8 Å². The van der Waals surface area contributed by atoms with Crippen LogP contribution in [0, 0.1) is 19.7 Å². The van der Waals surface area contributed by atoms with Gasteiger partial charge in [-0.3, -0.25) is 0 Å². The highest BCUT2D eigenvalue weighted by atomic mass is 19.1. The van der Waals surface area contributed by atoms with Crippen molar-refractivity contribution in [2.45, 2.75) is 20.3 Å². The SMILES string of the molecule is CNc1cc(F)c(C)c2c1[nH]c1nc(Oc3cnc(C)nc3)nc(NCCCN)c12. The Kier molecular flexibility index (Phi) is 5.32. The molecule has 0 radical (unpaired) electrons. The van der Waals surface area contributed by atoms with Gasteiger partial charge in [-0.1, -0.05) is 0 Å². The smallest absolute Gasteiger partial charge is 0.326 e. The summed E-state index contributed by atoms with van der Waals surface area (Å²) in [7, 11) is 1.74. The summed E-state index contributed by atoms with van der Waals surface area (Å²) < 4.78 is 20.3. The lowest BCUT2D eigenvalue weighted by Gasteiger charge is -2.10. The number of hydrogen-bond acceptors (Lipinski definition) is 8. The Bertz CT molecular complexity index is 1210. The first-order chi connectivity index (χ1) is 14.5. The average Bonchev–Trinajstić information content (AvgIpc) is 3.12. The maximum absolute atomic E-state index is 14.6. The summed E-state index contributed by atoms with van der Waals surface area (Å²) in [6, 6.07) is 1.59. The minimum Gasteiger partial charge on any atom is -0.421 e. The summed E-state index contributed by atoms with van der Waals surface area (Å²) in [4.78, 5) is 20.6. The molecule has 0 aliphatic heterocycles. The molecule has 30 heavy (non-hydrogen) atoms. The van der Waals surface area contributed by atoms with E-state index in [0.29, 0.717) is 52.8 Å². The van der Waals surface area contributed by atoms with Crippen LogP contribution in [0.5, 0.6) is 11.8 Å². The first-order valence-corrected chi connectivity index (χ1v) is 9.62. The fourth-order valence-electron chi connectivity index (χ4n) is 3.30. The van der Waals surface area contributed by atoms with E-state index in [2.05, 4.69) is 35.6 Å². The topological polar surface area (TPSA) is 127 Å². The summed E-state index contributed by atoms with van der Waals surface area (Å²) in [5.41, 5.74) is 8.05. The summed E-state index contributed by atoms with van der Waals surface area (Å²) in [6.45, 7) is 4.67. The van der Waals surface area contributed by atoms with Crippen LogP contribution in [0.2, 0.25) is 0 Å². The van der Waals surface area contributed by atoms with Gasteiger partial charge in [-0.25, -0.2) is 14.4 Å². The number of halogens is 1. The number of benzene rings is 1. The number of hydrogen-bond donors (Lipinski definition) is 4. The third kappa shape index (κ3) is 3.57. The van der Waals surface area contributed by atoms with Gasteiger partial charge in [0.1, 0.15) is 23.1 Å². The van der Waals surface area contributed by atoms with Crippen molar-refractivity contribution in [1.29, 1.82) is 0 Å². The molecule has 3 heterocycles. The molecule has 1 aromatic carbocycles. The molecule has 0 bridgehead atoms. The Morgan fingerprint density at radius 2 is 1.93 bits per heavy atom. The lowest BCUT2D eigenvalue weighted by Crippen LogP contribution is -2.10. The van der Waals surface area contributed by atoms with Gasteiger partial charge < -0.3 is 26.1 Å². The Hall–Kier alpha value is -3.53. The first kappa shape index (κ1) is 19.8. The number of nitrogens with two attached hydrogens (primary N) is 1. The second kappa shape index (κ2) is 8.07. The largest absolute Gasteiger partial charge is 0.421 e. The lowest BCUT2D eigenvalue weighted by molar-refractivity contribution is 0.440. The quantitative estimate of drug-likeness (QED) is 0.342. The van der Waals surface area contributed by atoms with Crippen LogP contribution in [-0.2, 0) is 0 Å². The highest BCUT2D eigenvalue weighted by molar-refractivity contribution is 6.15. The van der Waals surface area contributed by atoms with Gasteiger partial charge in [0.25, 0.3) is 0 Å². The molecule has 3 aromatic heterocycles. The number of aromatic nitrogens is 5. The minimum absolute atomic E-state index is 0.126. The maximum atomic E-state index is 14.6. The van der Waals surface area contributed by atoms with Gasteiger partial charge in [0.05, 0.1) is 29.0 Å². The zero-order valence-corrected chi connectivity index (χ0v) is 17.0. The third-order valence-electron chi connectivity index (χ3n) is 4.81. The second-order valence-electron chi connectivity index (χ2n) is 6.87. The molecule has 0 aliphatic carbocycles. The Labute approximate surface area is 172 Å². The molecular formula is C20H23FN8O. The molecule has 10 heteroatoms. The van der Waals surface area contributed by atoms with Crippen molar-refractivity contribution in [3.63, 3.8) is 0 Å². The van der Waals surface area contributed by atoms with Crippen molar-refractivity contribution < 1.29 is 9.13 Å². The van der Waals surface area contributed by atoms with Crippen LogP contribution in [0.25, 0.3) is 21.9 Å². The predicted molar refractivity (Wildman–Crippen MR) is 115 cm³/mol. The number of anilines is 2. The normalized spacial score (nSPS) is 11.2. The molecule has 0 fully saturated rings. The third-order valence-corrected chi connectivity index (χ3v) is 4.81. The highest BCUT2D eigenvalue weighted by Crippen LogP contribution is 2.38. The Morgan fingerprint density at radius 1 is 1.17 bits per heavy atom. The van der Waals surface area contributed by atoms with E-state index in [9.17, 15) is 4.39 Å². The number of H-pyrrole nitrogens is 1. The number of rotatable bonds is 7. The van der Waals surface area contributed by atoms with Gasteiger partial charge in [0, 0.05) is 19.0 Å². The molecule has 0 saturated heterocycles.